The molecule has 0 saturated carbocycles. The first-order valence-corrected chi connectivity index (χ1v) is 7.47. The fourth-order valence-corrected chi connectivity index (χ4v) is 2.42. The Morgan fingerprint density at radius 1 is 1.15 bits per heavy atom. The highest BCUT2D eigenvalue weighted by molar-refractivity contribution is 5.86. The van der Waals surface area contributed by atoms with Crippen molar-refractivity contribution in [1.82, 2.24) is 4.90 Å². The number of likely N-dealkylation sites (tertiary alicyclic amines) is 1. The van der Waals surface area contributed by atoms with Crippen molar-refractivity contribution in [3.8, 4) is 0 Å². The van der Waals surface area contributed by atoms with E-state index in [1.165, 1.54) is 38.4 Å². The summed E-state index contributed by atoms with van der Waals surface area (Å²) < 4.78 is 5.20. The second-order valence-electron chi connectivity index (χ2n) is 5.17. The van der Waals surface area contributed by atoms with Crippen LogP contribution in [0.15, 0.2) is 36.4 Å². The molecule has 0 atom stereocenters. The molecule has 1 heterocycles. The van der Waals surface area contributed by atoms with E-state index in [9.17, 15) is 4.79 Å². The van der Waals surface area contributed by atoms with Gasteiger partial charge in [0.1, 0.15) is 0 Å². The molecule has 1 aliphatic rings. The van der Waals surface area contributed by atoms with Gasteiger partial charge in [-0.25, -0.2) is 4.79 Å². The first-order chi connectivity index (χ1) is 9.84. The third-order valence-electron chi connectivity index (χ3n) is 3.52. The maximum atomic E-state index is 11.5. The quantitative estimate of drug-likeness (QED) is 0.453. The zero-order valence-electron chi connectivity index (χ0n) is 12.0. The second kappa shape index (κ2) is 8.54. The van der Waals surface area contributed by atoms with Gasteiger partial charge in [-0.1, -0.05) is 36.8 Å². The highest BCUT2D eigenvalue weighted by Crippen LogP contribution is 2.08. The molecular weight excluding hydrogens is 250 g/mol. The van der Waals surface area contributed by atoms with E-state index in [4.69, 9.17) is 4.74 Å². The van der Waals surface area contributed by atoms with Gasteiger partial charge in [0.15, 0.2) is 0 Å². The van der Waals surface area contributed by atoms with Gasteiger partial charge in [0, 0.05) is 12.6 Å². The van der Waals surface area contributed by atoms with Crippen LogP contribution in [-0.2, 0) is 9.53 Å². The molecule has 0 amide bonds. The molecule has 0 aliphatic carbocycles. The van der Waals surface area contributed by atoms with E-state index in [0.717, 1.165) is 18.5 Å². The topological polar surface area (TPSA) is 29.5 Å². The molecule has 1 saturated heterocycles. The summed E-state index contributed by atoms with van der Waals surface area (Å²) in [5, 5.41) is 0. The molecule has 0 unspecified atom stereocenters. The number of carbonyl (C=O) groups is 1. The van der Waals surface area contributed by atoms with E-state index in [1.54, 1.807) is 6.08 Å². The maximum Gasteiger partial charge on any atom is 0.330 e. The Balaban J connectivity index is 1.59. The van der Waals surface area contributed by atoms with Crippen LogP contribution in [0.4, 0.5) is 0 Å². The van der Waals surface area contributed by atoms with Gasteiger partial charge in [-0.2, -0.15) is 0 Å². The number of hydrogen-bond acceptors (Lipinski definition) is 3. The molecule has 108 valence electrons. The molecule has 20 heavy (non-hydrogen) atoms. The highest BCUT2D eigenvalue weighted by Gasteiger charge is 2.09. The molecule has 0 radical (unpaired) electrons. The van der Waals surface area contributed by atoms with Crippen LogP contribution in [0.2, 0.25) is 0 Å². The van der Waals surface area contributed by atoms with E-state index in [1.807, 2.05) is 30.3 Å². The van der Waals surface area contributed by atoms with Crippen LogP contribution in [0, 0.1) is 0 Å². The minimum atomic E-state index is -0.257. The number of rotatable bonds is 6. The lowest BCUT2D eigenvalue weighted by molar-refractivity contribution is -0.137. The summed E-state index contributed by atoms with van der Waals surface area (Å²) in [6.07, 6.45) is 8.17. The Labute approximate surface area is 121 Å². The van der Waals surface area contributed by atoms with Gasteiger partial charge in [0.25, 0.3) is 0 Å². The third-order valence-corrected chi connectivity index (χ3v) is 3.52. The normalized spacial score (nSPS) is 16.4. The Kier molecular flexibility index (Phi) is 6.32. The number of nitrogens with zero attached hydrogens (tertiary/aromatic N) is 1. The monoisotopic (exact) mass is 273 g/mol. The summed E-state index contributed by atoms with van der Waals surface area (Å²) in [5.41, 5.74) is 1.01. The van der Waals surface area contributed by atoms with Crippen molar-refractivity contribution < 1.29 is 9.53 Å². The fourth-order valence-electron chi connectivity index (χ4n) is 2.42. The molecule has 0 bridgehead atoms. The molecule has 2 rings (SSSR count). The van der Waals surface area contributed by atoms with Crippen molar-refractivity contribution in [2.75, 3.05) is 26.2 Å². The standard InChI is InChI=1S/C17H23NO2/c19-17(11-10-16-8-3-1-4-9-16)20-15-7-14-18-12-5-2-6-13-18/h1,3-4,8-11H,2,5-7,12-15H2. The number of hydrogen-bond donors (Lipinski definition) is 0. The molecule has 0 aromatic heterocycles. The lowest BCUT2D eigenvalue weighted by atomic mass is 10.1. The molecule has 1 fully saturated rings. The summed E-state index contributed by atoms with van der Waals surface area (Å²) in [6.45, 7) is 3.94. The highest BCUT2D eigenvalue weighted by atomic mass is 16.5. The van der Waals surface area contributed by atoms with Crippen molar-refractivity contribution in [2.24, 2.45) is 0 Å². The van der Waals surface area contributed by atoms with Crippen LogP contribution in [0.5, 0.6) is 0 Å². The lowest BCUT2D eigenvalue weighted by Gasteiger charge is -2.26. The van der Waals surface area contributed by atoms with E-state index < -0.39 is 0 Å². The smallest absolute Gasteiger partial charge is 0.330 e. The second-order valence-corrected chi connectivity index (χ2v) is 5.17. The predicted octanol–water partition coefficient (Wildman–Crippen LogP) is 3.12. The molecule has 3 heteroatoms. The lowest BCUT2D eigenvalue weighted by Crippen LogP contribution is -2.31. The van der Waals surface area contributed by atoms with Gasteiger partial charge >= 0.3 is 5.97 Å². The number of benzene rings is 1. The molecule has 0 N–H and O–H groups in total. The van der Waals surface area contributed by atoms with Gasteiger partial charge in [0.05, 0.1) is 6.61 Å². The number of carbonyl (C=O) groups excluding carboxylic acids is 1. The van der Waals surface area contributed by atoms with Gasteiger partial charge in [-0.3, -0.25) is 0 Å². The van der Waals surface area contributed by atoms with E-state index in [0.29, 0.717) is 6.61 Å². The third kappa shape index (κ3) is 5.57. The summed E-state index contributed by atoms with van der Waals surface area (Å²) in [7, 11) is 0. The Bertz CT molecular complexity index is 422. The fraction of sp³-hybridized carbons (Fsp3) is 0.471. The molecule has 0 spiro atoms. The zero-order valence-corrected chi connectivity index (χ0v) is 12.0. The zero-order chi connectivity index (χ0) is 14.0. The molecule has 1 aliphatic heterocycles. The number of ether oxygens (including phenoxy) is 1. The number of esters is 1. The van der Waals surface area contributed by atoms with E-state index in [2.05, 4.69) is 4.90 Å². The van der Waals surface area contributed by atoms with Gasteiger partial charge in [0.2, 0.25) is 0 Å². The molecule has 1 aromatic carbocycles. The van der Waals surface area contributed by atoms with Gasteiger partial charge in [-0.15, -0.1) is 0 Å². The van der Waals surface area contributed by atoms with Crippen LogP contribution in [0.1, 0.15) is 31.2 Å². The summed E-state index contributed by atoms with van der Waals surface area (Å²) in [5.74, 6) is -0.257. The largest absolute Gasteiger partial charge is 0.462 e. The van der Waals surface area contributed by atoms with Crippen molar-refractivity contribution in [3.63, 3.8) is 0 Å². The van der Waals surface area contributed by atoms with Gasteiger partial charge in [-0.05, 0) is 44.0 Å². The van der Waals surface area contributed by atoms with Crippen molar-refractivity contribution in [3.05, 3.63) is 42.0 Å². The predicted molar refractivity (Wildman–Crippen MR) is 81.3 cm³/mol. The number of piperidine rings is 1. The minimum absolute atomic E-state index is 0.257. The summed E-state index contributed by atoms with van der Waals surface area (Å²) in [6, 6.07) is 9.77. The Hall–Kier alpha value is -1.61. The Morgan fingerprint density at radius 2 is 1.90 bits per heavy atom. The van der Waals surface area contributed by atoms with Crippen LogP contribution in [-0.4, -0.2) is 37.1 Å². The molecule has 1 aromatic rings. The van der Waals surface area contributed by atoms with Crippen molar-refractivity contribution in [1.29, 1.82) is 0 Å². The molecular formula is C17H23NO2. The van der Waals surface area contributed by atoms with Crippen LogP contribution < -0.4 is 0 Å². The summed E-state index contributed by atoms with van der Waals surface area (Å²) in [4.78, 5) is 14.0. The van der Waals surface area contributed by atoms with E-state index in [-0.39, 0.29) is 5.97 Å². The first kappa shape index (κ1) is 14.8. The minimum Gasteiger partial charge on any atom is -0.462 e. The van der Waals surface area contributed by atoms with Crippen molar-refractivity contribution >= 4 is 12.0 Å². The average Bonchev–Trinajstić information content (AvgIpc) is 2.52. The van der Waals surface area contributed by atoms with E-state index >= 15 is 0 Å². The maximum absolute atomic E-state index is 11.5. The molecule has 3 nitrogen and oxygen atoms in total. The SMILES string of the molecule is O=C(C=Cc1ccccc1)OCCCN1CCCCC1. The van der Waals surface area contributed by atoms with Crippen LogP contribution >= 0.6 is 0 Å². The van der Waals surface area contributed by atoms with Gasteiger partial charge < -0.3 is 9.64 Å². The first-order valence-electron chi connectivity index (χ1n) is 7.47. The van der Waals surface area contributed by atoms with Crippen molar-refractivity contribution in [2.45, 2.75) is 25.7 Å². The average molecular weight is 273 g/mol. The van der Waals surface area contributed by atoms with Crippen LogP contribution in [0.25, 0.3) is 6.08 Å². The summed E-state index contributed by atoms with van der Waals surface area (Å²) >= 11 is 0. The van der Waals surface area contributed by atoms with Crippen LogP contribution in [0.3, 0.4) is 0 Å². The Morgan fingerprint density at radius 3 is 2.65 bits per heavy atom.